The number of anilines is 1. The number of nitrogens with one attached hydrogen (secondary N) is 1. The molecule has 1 aromatic rings. The molecule has 0 aliphatic carbocycles. The fourth-order valence-corrected chi connectivity index (χ4v) is 1.65. The molecule has 3 N–H and O–H groups in total. The Kier molecular flexibility index (Phi) is 1.84. The number of carbonyl (C=O) groups excluding carboxylic acids is 1. The Bertz CT molecular complexity index is 378. The Morgan fingerprint density at radius 2 is 2.21 bits per heavy atom. The summed E-state index contributed by atoms with van der Waals surface area (Å²) in [6.45, 7) is 2.30. The third-order valence-corrected chi connectivity index (χ3v) is 2.42. The predicted octanol–water partition coefficient (Wildman–Crippen LogP) is 1.22. The molecular formula is C10H12N2O2. The molecule has 1 unspecified atom stereocenters. The predicted molar refractivity (Wildman–Crippen MR) is 52.7 cm³/mol. The van der Waals surface area contributed by atoms with Crippen molar-refractivity contribution >= 4 is 11.8 Å². The number of alkyl carbamates (subject to hydrolysis) is 1. The summed E-state index contributed by atoms with van der Waals surface area (Å²) in [6.07, 6.45) is -0.393. The van der Waals surface area contributed by atoms with Crippen LogP contribution in [0.1, 0.15) is 12.5 Å². The summed E-state index contributed by atoms with van der Waals surface area (Å²) in [5.41, 5.74) is 6.67. The van der Waals surface area contributed by atoms with Crippen LogP contribution in [0.15, 0.2) is 24.3 Å². The molecule has 1 atom stereocenters. The van der Waals surface area contributed by atoms with Crippen molar-refractivity contribution in [1.82, 2.24) is 5.32 Å². The number of nitrogens with two attached hydrogens (primary N) is 1. The first-order chi connectivity index (χ1) is 6.62. The van der Waals surface area contributed by atoms with E-state index in [1.807, 2.05) is 25.1 Å². The molecule has 0 spiro atoms. The number of carbonyl (C=O) groups is 1. The van der Waals surface area contributed by atoms with Crippen molar-refractivity contribution in [3.05, 3.63) is 29.8 Å². The van der Waals surface area contributed by atoms with E-state index >= 15 is 0 Å². The van der Waals surface area contributed by atoms with Crippen molar-refractivity contribution in [3.8, 4) is 0 Å². The van der Waals surface area contributed by atoms with Gasteiger partial charge >= 0.3 is 6.09 Å². The Morgan fingerprint density at radius 3 is 2.79 bits per heavy atom. The number of para-hydroxylation sites is 1. The highest BCUT2D eigenvalue weighted by molar-refractivity contribution is 5.71. The molecule has 1 aliphatic rings. The molecule has 0 saturated carbocycles. The molecule has 1 amide bonds. The zero-order chi connectivity index (χ0) is 10.2. The molecule has 14 heavy (non-hydrogen) atoms. The quantitative estimate of drug-likeness (QED) is 0.657. The molecule has 74 valence electrons. The molecule has 1 saturated heterocycles. The smallest absolute Gasteiger partial charge is 0.408 e. The van der Waals surface area contributed by atoms with Gasteiger partial charge in [0.25, 0.3) is 0 Å². The maximum absolute atomic E-state index is 11.0. The molecule has 4 nitrogen and oxygen atoms in total. The van der Waals surface area contributed by atoms with E-state index in [-0.39, 0.29) is 0 Å². The molecule has 0 radical (unpaired) electrons. The third-order valence-electron chi connectivity index (χ3n) is 2.42. The lowest BCUT2D eigenvalue weighted by Gasteiger charge is -2.22. The second kappa shape index (κ2) is 2.90. The van der Waals surface area contributed by atoms with Gasteiger partial charge in [0, 0.05) is 11.3 Å². The normalized spacial score (nSPS) is 25.6. The number of ether oxygens (including phenoxy) is 1. The minimum absolute atomic E-state index is 0.393. The number of amides is 1. The highest BCUT2D eigenvalue weighted by Crippen LogP contribution is 2.31. The summed E-state index contributed by atoms with van der Waals surface area (Å²) in [7, 11) is 0. The maximum atomic E-state index is 11.0. The van der Waals surface area contributed by atoms with Gasteiger partial charge in [-0.2, -0.15) is 0 Å². The second-order valence-corrected chi connectivity index (χ2v) is 3.56. The van der Waals surface area contributed by atoms with Gasteiger partial charge < -0.3 is 15.8 Å². The molecule has 1 aliphatic heterocycles. The van der Waals surface area contributed by atoms with Gasteiger partial charge in [0.15, 0.2) is 5.60 Å². The van der Waals surface area contributed by atoms with E-state index in [2.05, 4.69) is 5.32 Å². The van der Waals surface area contributed by atoms with E-state index < -0.39 is 11.7 Å². The van der Waals surface area contributed by atoms with Crippen LogP contribution in [0.4, 0.5) is 10.5 Å². The van der Waals surface area contributed by atoms with Gasteiger partial charge in [-0.1, -0.05) is 18.2 Å². The average Bonchev–Trinajstić information content (AvgIpc) is 2.48. The van der Waals surface area contributed by atoms with Crippen LogP contribution in [0.2, 0.25) is 0 Å². The Hall–Kier alpha value is -1.71. The zero-order valence-electron chi connectivity index (χ0n) is 7.91. The first-order valence-electron chi connectivity index (χ1n) is 4.44. The van der Waals surface area contributed by atoms with Crippen molar-refractivity contribution in [2.75, 3.05) is 12.3 Å². The van der Waals surface area contributed by atoms with Crippen molar-refractivity contribution in [3.63, 3.8) is 0 Å². The fourth-order valence-electron chi connectivity index (χ4n) is 1.65. The van der Waals surface area contributed by atoms with Crippen molar-refractivity contribution in [2.45, 2.75) is 12.5 Å². The molecule has 4 heteroatoms. The summed E-state index contributed by atoms with van der Waals surface area (Å²) < 4.78 is 5.19. The fraction of sp³-hybridized carbons (Fsp3) is 0.300. The van der Waals surface area contributed by atoms with E-state index in [0.717, 1.165) is 5.56 Å². The second-order valence-electron chi connectivity index (χ2n) is 3.56. The van der Waals surface area contributed by atoms with Crippen molar-refractivity contribution in [1.29, 1.82) is 0 Å². The summed E-state index contributed by atoms with van der Waals surface area (Å²) in [6, 6.07) is 7.40. The minimum Gasteiger partial charge on any atom is -0.436 e. The van der Waals surface area contributed by atoms with Gasteiger partial charge in [-0.3, -0.25) is 0 Å². The van der Waals surface area contributed by atoms with E-state index in [0.29, 0.717) is 12.2 Å². The largest absolute Gasteiger partial charge is 0.436 e. The van der Waals surface area contributed by atoms with Gasteiger partial charge in [-0.25, -0.2) is 4.79 Å². The minimum atomic E-state index is -0.636. The van der Waals surface area contributed by atoms with Crippen LogP contribution in [0.3, 0.4) is 0 Å². The molecule has 0 bridgehead atoms. The standard InChI is InChI=1S/C10H12N2O2/c1-10(6-12-9(13)14-10)7-4-2-3-5-8(7)11/h2-5H,6,11H2,1H3,(H,12,13). The first-order valence-corrected chi connectivity index (χ1v) is 4.44. The van der Waals surface area contributed by atoms with E-state index in [4.69, 9.17) is 10.5 Å². The average molecular weight is 192 g/mol. The highest BCUT2D eigenvalue weighted by atomic mass is 16.6. The highest BCUT2D eigenvalue weighted by Gasteiger charge is 2.38. The molecule has 0 aromatic heterocycles. The summed E-state index contributed by atoms with van der Waals surface area (Å²) >= 11 is 0. The van der Waals surface area contributed by atoms with Crippen LogP contribution >= 0.6 is 0 Å². The number of nitrogen functional groups attached to an aromatic ring is 1. The van der Waals surface area contributed by atoms with Gasteiger partial charge in [-0.05, 0) is 13.0 Å². The monoisotopic (exact) mass is 192 g/mol. The topological polar surface area (TPSA) is 64.3 Å². The SMILES string of the molecule is CC1(c2ccccc2N)CNC(=O)O1. The summed E-state index contributed by atoms with van der Waals surface area (Å²) in [4.78, 5) is 11.0. The Labute approximate surface area is 82.1 Å². The van der Waals surface area contributed by atoms with Crippen LogP contribution < -0.4 is 11.1 Å². The van der Waals surface area contributed by atoms with Gasteiger partial charge in [0.05, 0.1) is 6.54 Å². The first kappa shape index (κ1) is 8.87. The zero-order valence-corrected chi connectivity index (χ0v) is 7.91. The van der Waals surface area contributed by atoms with Gasteiger partial charge in [-0.15, -0.1) is 0 Å². The Morgan fingerprint density at radius 1 is 1.50 bits per heavy atom. The molecule has 1 aromatic carbocycles. The molecule has 1 heterocycles. The van der Waals surface area contributed by atoms with E-state index in [1.165, 1.54) is 0 Å². The number of benzene rings is 1. The van der Waals surface area contributed by atoms with Crippen molar-refractivity contribution < 1.29 is 9.53 Å². The number of hydrogen-bond donors (Lipinski definition) is 2. The van der Waals surface area contributed by atoms with E-state index in [9.17, 15) is 4.79 Å². The van der Waals surface area contributed by atoms with Crippen LogP contribution in [-0.4, -0.2) is 12.6 Å². The van der Waals surface area contributed by atoms with Crippen LogP contribution in [0.5, 0.6) is 0 Å². The third kappa shape index (κ3) is 1.28. The van der Waals surface area contributed by atoms with Crippen LogP contribution in [0, 0.1) is 0 Å². The maximum Gasteiger partial charge on any atom is 0.408 e. The molecular weight excluding hydrogens is 180 g/mol. The van der Waals surface area contributed by atoms with Crippen LogP contribution in [-0.2, 0) is 10.3 Å². The van der Waals surface area contributed by atoms with E-state index in [1.54, 1.807) is 6.07 Å². The number of rotatable bonds is 1. The lowest BCUT2D eigenvalue weighted by atomic mass is 9.95. The Balaban J connectivity index is 2.40. The molecule has 1 fully saturated rings. The van der Waals surface area contributed by atoms with Crippen LogP contribution in [0.25, 0.3) is 0 Å². The van der Waals surface area contributed by atoms with Gasteiger partial charge in [0.2, 0.25) is 0 Å². The number of hydrogen-bond acceptors (Lipinski definition) is 3. The molecule has 2 rings (SSSR count). The lowest BCUT2D eigenvalue weighted by molar-refractivity contribution is 0.0710. The van der Waals surface area contributed by atoms with Crippen molar-refractivity contribution in [2.24, 2.45) is 0 Å². The van der Waals surface area contributed by atoms with Gasteiger partial charge in [0.1, 0.15) is 0 Å². The number of cyclic esters (lactones) is 1. The lowest BCUT2D eigenvalue weighted by Crippen LogP contribution is -2.27. The summed E-state index contributed by atoms with van der Waals surface area (Å²) in [5, 5.41) is 2.62. The summed E-state index contributed by atoms with van der Waals surface area (Å²) in [5.74, 6) is 0.